The zero-order chi connectivity index (χ0) is 15.1. The molecule has 1 fully saturated rings. The highest BCUT2D eigenvalue weighted by Crippen LogP contribution is 2.35. The summed E-state index contributed by atoms with van der Waals surface area (Å²) in [6.07, 6.45) is 2.07. The van der Waals surface area contributed by atoms with Crippen LogP contribution in [0, 0.1) is 11.3 Å². The average molecular weight is 300 g/mol. The first-order valence-corrected chi connectivity index (χ1v) is 7.98. The minimum atomic E-state index is -3.61. The van der Waals surface area contributed by atoms with E-state index in [0.29, 0.717) is 19.0 Å². The van der Waals surface area contributed by atoms with E-state index in [0.717, 1.165) is 6.42 Å². The number of carboxylic acids is 1. The van der Waals surface area contributed by atoms with Crippen molar-refractivity contribution < 1.29 is 18.3 Å². The Morgan fingerprint density at radius 3 is 2.55 bits per heavy atom. The van der Waals surface area contributed by atoms with Crippen LogP contribution in [-0.4, -0.2) is 41.9 Å². The fourth-order valence-corrected chi connectivity index (χ4v) is 3.94. The molecule has 1 aliphatic heterocycles. The molecular weight excluding hydrogens is 280 g/mol. The number of H-pyrrole nitrogens is 1. The molecule has 6 nitrogen and oxygen atoms in total. The van der Waals surface area contributed by atoms with E-state index in [1.54, 1.807) is 0 Å². The first kappa shape index (κ1) is 15.1. The summed E-state index contributed by atoms with van der Waals surface area (Å²) >= 11 is 0. The molecule has 1 saturated heterocycles. The fourth-order valence-electron chi connectivity index (χ4n) is 2.45. The Balaban J connectivity index is 2.21. The van der Waals surface area contributed by atoms with E-state index in [4.69, 9.17) is 5.11 Å². The average Bonchev–Trinajstić information content (AvgIpc) is 2.98. The highest BCUT2D eigenvalue weighted by atomic mass is 32.2. The zero-order valence-corrected chi connectivity index (χ0v) is 12.7. The molecular formula is C13H20N2O4S. The molecule has 7 heteroatoms. The van der Waals surface area contributed by atoms with E-state index in [1.807, 2.05) is 0 Å². The normalized spacial score (nSPS) is 21.2. The van der Waals surface area contributed by atoms with Gasteiger partial charge in [0.2, 0.25) is 10.0 Å². The van der Waals surface area contributed by atoms with Crippen LogP contribution in [0.3, 0.4) is 0 Å². The van der Waals surface area contributed by atoms with E-state index in [2.05, 4.69) is 25.8 Å². The summed E-state index contributed by atoms with van der Waals surface area (Å²) < 4.78 is 26.4. The molecule has 0 aliphatic carbocycles. The first-order chi connectivity index (χ1) is 9.12. The van der Waals surface area contributed by atoms with E-state index in [-0.39, 0.29) is 16.0 Å². The molecule has 0 spiro atoms. The Bertz CT molecular complexity index is 613. The van der Waals surface area contributed by atoms with Gasteiger partial charge in [0.1, 0.15) is 10.6 Å². The number of hydrogen-bond donors (Lipinski definition) is 2. The molecule has 0 radical (unpaired) electrons. The van der Waals surface area contributed by atoms with Gasteiger partial charge in [0.15, 0.2) is 0 Å². The SMILES string of the molecule is CC(C)(C)C1CCN(S(=O)(=O)c2c[nH]c(C(=O)O)c2)C1. The van der Waals surface area contributed by atoms with Gasteiger partial charge in [-0.2, -0.15) is 4.31 Å². The fraction of sp³-hybridized carbons (Fsp3) is 0.615. The Labute approximate surface area is 118 Å². The summed E-state index contributed by atoms with van der Waals surface area (Å²) in [5, 5.41) is 8.84. The minimum Gasteiger partial charge on any atom is -0.477 e. The summed E-state index contributed by atoms with van der Waals surface area (Å²) in [4.78, 5) is 13.3. The van der Waals surface area contributed by atoms with Crippen LogP contribution in [0.1, 0.15) is 37.7 Å². The quantitative estimate of drug-likeness (QED) is 0.890. The Morgan fingerprint density at radius 2 is 2.10 bits per heavy atom. The van der Waals surface area contributed by atoms with Crippen LogP contribution in [0.2, 0.25) is 0 Å². The van der Waals surface area contributed by atoms with Crippen molar-refractivity contribution in [3.05, 3.63) is 18.0 Å². The van der Waals surface area contributed by atoms with Gasteiger partial charge in [-0.05, 0) is 23.8 Å². The molecule has 1 aliphatic rings. The number of nitrogens with zero attached hydrogens (tertiary/aromatic N) is 1. The van der Waals surface area contributed by atoms with E-state index >= 15 is 0 Å². The third-order valence-corrected chi connectivity index (χ3v) is 5.74. The van der Waals surface area contributed by atoms with Gasteiger partial charge in [0, 0.05) is 19.3 Å². The molecule has 2 N–H and O–H groups in total. The van der Waals surface area contributed by atoms with Crippen molar-refractivity contribution in [2.45, 2.75) is 32.1 Å². The number of rotatable bonds is 3. The smallest absolute Gasteiger partial charge is 0.352 e. The maximum atomic E-state index is 12.5. The predicted molar refractivity (Wildman–Crippen MR) is 74.1 cm³/mol. The molecule has 0 saturated carbocycles. The number of carbonyl (C=O) groups is 1. The van der Waals surface area contributed by atoms with E-state index in [9.17, 15) is 13.2 Å². The lowest BCUT2D eigenvalue weighted by atomic mass is 9.80. The van der Waals surface area contributed by atoms with Crippen molar-refractivity contribution in [2.75, 3.05) is 13.1 Å². The van der Waals surface area contributed by atoms with Crippen LogP contribution < -0.4 is 0 Å². The molecule has 112 valence electrons. The highest BCUT2D eigenvalue weighted by Gasteiger charge is 2.38. The molecule has 0 amide bonds. The molecule has 0 bridgehead atoms. The van der Waals surface area contributed by atoms with Crippen molar-refractivity contribution in [1.82, 2.24) is 9.29 Å². The number of sulfonamides is 1. The second-order valence-corrected chi connectivity index (χ2v) is 8.21. The summed E-state index contributed by atoms with van der Waals surface area (Å²) in [6, 6.07) is 1.17. The van der Waals surface area contributed by atoms with Gasteiger partial charge in [-0.25, -0.2) is 13.2 Å². The monoisotopic (exact) mass is 300 g/mol. The zero-order valence-electron chi connectivity index (χ0n) is 11.9. The van der Waals surface area contributed by atoms with Gasteiger partial charge in [0.25, 0.3) is 0 Å². The maximum Gasteiger partial charge on any atom is 0.352 e. The van der Waals surface area contributed by atoms with E-state index < -0.39 is 16.0 Å². The van der Waals surface area contributed by atoms with Crippen molar-refractivity contribution in [2.24, 2.45) is 11.3 Å². The molecule has 20 heavy (non-hydrogen) atoms. The lowest BCUT2D eigenvalue weighted by Gasteiger charge is -2.26. The summed E-state index contributed by atoms with van der Waals surface area (Å²) in [5.41, 5.74) is -0.0515. The Morgan fingerprint density at radius 1 is 1.45 bits per heavy atom. The second-order valence-electron chi connectivity index (χ2n) is 6.27. The summed E-state index contributed by atoms with van der Waals surface area (Å²) in [7, 11) is -3.61. The molecule has 1 unspecified atom stereocenters. The second kappa shape index (κ2) is 4.89. The molecule has 0 aromatic carbocycles. The first-order valence-electron chi connectivity index (χ1n) is 6.54. The lowest BCUT2D eigenvalue weighted by Crippen LogP contribution is -2.31. The number of aromatic nitrogens is 1. The van der Waals surface area contributed by atoms with Gasteiger partial charge in [-0.15, -0.1) is 0 Å². The summed E-state index contributed by atoms with van der Waals surface area (Å²) in [6.45, 7) is 7.28. The van der Waals surface area contributed by atoms with Crippen LogP contribution in [0.15, 0.2) is 17.2 Å². The van der Waals surface area contributed by atoms with Gasteiger partial charge >= 0.3 is 5.97 Å². The maximum absolute atomic E-state index is 12.5. The van der Waals surface area contributed by atoms with Crippen LogP contribution in [0.25, 0.3) is 0 Å². The highest BCUT2D eigenvalue weighted by molar-refractivity contribution is 7.89. The van der Waals surface area contributed by atoms with Crippen LogP contribution in [-0.2, 0) is 10.0 Å². The van der Waals surface area contributed by atoms with Crippen LogP contribution in [0.4, 0.5) is 0 Å². The van der Waals surface area contributed by atoms with Crippen LogP contribution >= 0.6 is 0 Å². The van der Waals surface area contributed by atoms with Gasteiger partial charge in [0.05, 0.1) is 0 Å². The number of aromatic carboxylic acids is 1. The molecule has 1 aromatic heterocycles. The minimum absolute atomic E-state index is 0.0180. The molecule has 2 heterocycles. The van der Waals surface area contributed by atoms with Gasteiger partial charge in [-0.1, -0.05) is 20.8 Å². The standard InChI is InChI=1S/C13H20N2O4S/c1-13(2,3)9-4-5-15(8-9)20(18,19)10-6-11(12(16)17)14-7-10/h6-7,9,14H,4-5,8H2,1-3H3,(H,16,17). The van der Waals surface area contributed by atoms with Gasteiger partial charge < -0.3 is 10.1 Å². The largest absolute Gasteiger partial charge is 0.477 e. The topological polar surface area (TPSA) is 90.5 Å². The number of nitrogens with one attached hydrogen (secondary N) is 1. The Kier molecular flexibility index (Phi) is 3.68. The third-order valence-electron chi connectivity index (χ3n) is 3.90. The third kappa shape index (κ3) is 2.73. The van der Waals surface area contributed by atoms with Crippen molar-refractivity contribution >= 4 is 16.0 Å². The number of carboxylic acid groups (broad SMARTS) is 1. The number of aromatic amines is 1. The van der Waals surface area contributed by atoms with Crippen molar-refractivity contribution in [3.8, 4) is 0 Å². The summed E-state index contributed by atoms with van der Waals surface area (Å²) in [5.74, 6) is -0.851. The van der Waals surface area contributed by atoms with Crippen molar-refractivity contribution in [3.63, 3.8) is 0 Å². The van der Waals surface area contributed by atoms with Crippen molar-refractivity contribution in [1.29, 1.82) is 0 Å². The lowest BCUT2D eigenvalue weighted by molar-refractivity contribution is 0.0691. The van der Waals surface area contributed by atoms with Crippen LogP contribution in [0.5, 0.6) is 0 Å². The molecule has 1 aromatic rings. The molecule has 1 atom stereocenters. The number of hydrogen-bond acceptors (Lipinski definition) is 3. The predicted octanol–water partition coefficient (Wildman–Crippen LogP) is 1.77. The molecule has 2 rings (SSSR count). The van der Waals surface area contributed by atoms with E-state index in [1.165, 1.54) is 16.6 Å². The Hall–Kier alpha value is -1.34. The van der Waals surface area contributed by atoms with Gasteiger partial charge in [-0.3, -0.25) is 0 Å².